The van der Waals surface area contributed by atoms with Gasteiger partial charge in [0, 0.05) is 25.2 Å². The highest BCUT2D eigenvalue weighted by Gasteiger charge is 2.61. The van der Waals surface area contributed by atoms with Gasteiger partial charge < -0.3 is 15.6 Å². The molecule has 1 aliphatic heterocycles. The van der Waals surface area contributed by atoms with Gasteiger partial charge in [-0.2, -0.15) is 0 Å². The Hall–Kier alpha value is -0.120. The van der Waals surface area contributed by atoms with Gasteiger partial charge in [-0.05, 0) is 25.2 Å². The Morgan fingerprint density at radius 1 is 1.38 bits per heavy atom. The molecule has 0 bridgehead atoms. The molecule has 1 aliphatic carbocycles. The van der Waals surface area contributed by atoms with Crippen molar-refractivity contribution >= 4 is 0 Å². The molecule has 3 heteroatoms. The fourth-order valence-electron chi connectivity index (χ4n) is 2.50. The Morgan fingerprint density at radius 2 is 2.08 bits per heavy atom. The second-order valence-electron chi connectivity index (χ2n) is 4.64. The Bertz CT molecular complexity index is 199. The van der Waals surface area contributed by atoms with E-state index >= 15 is 0 Å². The molecule has 3 N–H and O–H groups in total. The molecule has 2 rings (SSSR count). The molecule has 13 heavy (non-hydrogen) atoms. The van der Waals surface area contributed by atoms with Gasteiger partial charge in [0.1, 0.15) is 0 Å². The summed E-state index contributed by atoms with van der Waals surface area (Å²) in [5, 5.41) is 10.4. The molecule has 3 nitrogen and oxygen atoms in total. The van der Waals surface area contributed by atoms with Gasteiger partial charge in [0.15, 0.2) is 0 Å². The fraction of sp³-hybridized carbons (Fsp3) is 1.00. The second-order valence-corrected chi connectivity index (χ2v) is 4.64. The van der Waals surface area contributed by atoms with Crippen LogP contribution in [-0.2, 0) is 4.74 Å². The van der Waals surface area contributed by atoms with Gasteiger partial charge in [0.25, 0.3) is 0 Å². The van der Waals surface area contributed by atoms with E-state index in [2.05, 4.69) is 6.92 Å². The van der Waals surface area contributed by atoms with Crippen LogP contribution >= 0.6 is 0 Å². The molecule has 0 aromatic carbocycles. The molecule has 2 fully saturated rings. The molecule has 2 aliphatic rings. The summed E-state index contributed by atoms with van der Waals surface area (Å²) in [7, 11) is 0. The average Bonchev–Trinajstić information content (AvgIpc) is 2.74. The van der Waals surface area contributed by atoms with E-state index in [0.717, 1.165) is 25.9 Å². The summed E-state index contributed by atoms with van der Waals surface area (Å²) in [6.45, 7) is 3.54. The number of hydrogen-bond acceptors (Lipinski definition) is 3. The minimum Gasteiger partial charge on any atom is -0.388 e. The molecule has 0 aromatic rings. The van der Waals surface area contributed by atoms with Crippen molar-refractivity contribution in [2.24, 2.45) is 11.7 Å². The van der Waals surface area contributed by atoms with E-state index in [0.29, 0.717) is 18.9 Å². The monoisotopic (exact) mass is 185 g/mol. The van der Waals surface area contributed by atoms with Gasteiger partial charge in [-0.1, -0.05) is 6.92 Å². The smallest absolute Gasteiger partial charge is 0.0851 e. The van der Waals surface area contributed by atoms with Crippen molar-refractivity contribution in [3.63, 3.8) is 0 Å². The lowest BCUT2D eigenvalue weighted by molar-refractivity contribution is -0.0190. The maximum Gasteiger partial charge on any atom is 0.0851 e. The van der Waals surface area contributed by atoms with Crippen molar-refractivity contribution in [3.8, 4) is 0 Å². The van der Waals surface area contributed by atoms with Crippen molar-refractivity contribution < 1.29 is 9.84 Å². The highest BCUT2D eigenvalue weighted by atomic mass is 16.5. The first-order valence-corrected chi connectivity index (χ1v) is 5.17. The Balaban J connectivity index is 2.09. The van der Waals surface area contributed by atoms with Gasteiger partial charge in [0.2, 0.25) is 0 Å². The summed E-state index contributed by atoms with van der Waals surface area (Å²) in [6, 6.07) is 0. The maximum atomic E-state index is 10.4. The summed E-state index contributed by atoms with van der Waals surface area (Å²) >= 11 is 0. The number of hydrogen-bond donors (Lipinski definition) is 2. The first kappa shape index (κ1) is 9.44. The number of ether oxygens (including phenoxy) is 1. The van der Waals surface area contributed by atoms with Crippen molar-refractivity contribution in [3.05, 3.63) is 0 Å². The van der Waals surface area contributed by atoms with Gasteiger partial charge in [-0.25, -0.2) is 0 Å². The highest BCUT2D eigenvalue weighted by molar-refractivity contribution is 5.18. The summed E-state index contributed by atoms with van der Waals surface area (Å²) in [5.74, 6) is 0.468. The molecule has 0 radical (unpaired) electrons. The second kappa shape index (κ2) is 2.94. The summed E-state index contributed by atoms with van der Waals surface area (Å²) in [5.41, 5.74) is 5.18. The van der Waals surface area contributed by atoms with Gasteiger partial charge in [0.05, 0.1) is 5.60 Å². The Morgan fingerprint density at radius 3 is 2.69 bits per heavy atom. The minimum atomic E-state index is -0.664. The molecule has 0 aromatic heterocycles. The van der Waals surface area contributed by atoms with Crippen LogP contribution in [0.25, 0.3) is 0 Å². The lowest BCUT2D eigenvalue weighted by atomic mass is 9.84. The van der Waals surface area contributed by atoms with Crippen molar-refractivity contribution in [2.75, 3.05) is 13.2 Å². The standard InChI is InChI=1S/C10H19NO2/c1-8-7-10(8,11)9(12)3-2-5-13-6-4-9/h8,12H,2-7,11H2,1H3. The van der Waals surface area contributed by atoms with Gasteiger partial charge in [-0.15, -0.1) is 0 Å². The summed E-state index contributed by atoms with van der Waals surface area (Å²) in [4.78, 5) is 0. The SMILES string of the molecule is CC1CC1(N)C1(O)CCCOCC1. The van der Waals surface area contributed by atoms with Crippen LogP contribution in [0.5, 0.6) is 0 Å². The normalized spacial score (nSPS) is 51.5. The molecular weight excluding hydrogens is 166 g/mol. The van der Waals surface area contributed by atoms with E-state index in [9.17, 15) is 5.11 Å². The van der Waals surface area contributed by atoms with Crippen LogP contribution in [0.2, 0.25) is 0 Å². The van der Waals surface area contributed by atoms with Crippen LogP contribution in [0.15, 0.2) is 0 Å². The van der Waals surface area contributed by atoms with E-state index in [-0.39, 0.29) is 5.54 Å². The van der Waals surface area contributed by atoms with E-state index in [1.807, 2.05) is 0 Å². The largest absolute Gasteiger partial charge is 0.388 e. The maximum absolute atomic E-state index is 10.4. The third-order valence-corrected chi connectivity index (χ3v) is 3.77. The summed E-state index contributed by atoms with van der Waals surface area (Å²) < 4.78 is 5.33. The third-order valence-electron chi connectivity index (χ3n) is 3.77. The van der Waals surface area contributed by atoms with Crippen LogP contribution < -0.4 is 5.73 Å². The molecule has 1 saturated heterocycles. The molecule has 1 heterocycles. The first-order chi connectivity index (χ1) is 6.08. The lowest BCUT2D eigenvalue weighted by Gasteiger charge is -2.33. The minimum absolute atomic E-state index is 0.319. The fourth-order valence-corrected chi connectivity index (χ4v) is 2.50. The third kappa shape index (κ3) is 1.39. The van der Waals surface area contributed by atoms with Gasteiger partial charge in [-0.3, -0.25) is 0 Å². The number of rotatable bonds is 1. The molecular formula is C10H19NO2. The first-order valence-electron chi connectivity index (χ1n) is 5.17. The van der Waals surface area contributed by atoms with Crippen molar-refractivity contribution in [2.45, 2.75) is 43.7 Å². The van der Waals surface area contributed by atoms with Gasteiger partial charge >= 0.3 is 0 Å². The predicted molar refractivity (Wildman–Crippen MR) is 50.3 cm³/mol. The molecule has 1 saturated carbocycles. The van der Waals surface area contributed by atoms with Crippen LogP contribution in [-0.4, -0.2) is 29.5 Å². The van der Waals surface area contributed by atoms with Crippen LogP contribution in [0.4, 0.5) is 0 Å². The van der Waals surface area contributed by atoms with E-state index in [1.54, 1.807) is 0 Å². The molecule has 0 spiro atoms. The molecule has 0 amide bonds. The zero-order chi connectivity index (χ0) is 9.53. The van der Waals surface area contributed by atoms with E-state index < -0.39 is 5.60 Å². The predicted octanol–water partition coefficient (Wildman–Crippen LogP) is 0.655. The zero-order valence-corrected chi connectivity index (χ0v) is 8.25. The van der Waals surface area contributed by atoms with E-state index in [4.69, 9.17) is 10.5 Å². The van der Waals surface area contributed by atoms with Crippen LogP contribution in [0.1, 0.15) is 32.6 Å². The summed E-state index contributed by atoms with van der Waals surface area (Å²) in [6.07, 6.45) is 3.40. The Labute approximate surface area is 79.3 Å². The van der Waals surface area contributed by atoms with E-state index in [1.165, 1.54) is 0 Å². The number of nitrogens with two attached hydrogens (primary N) is 1. The molecule has 76 valence electrons. The topological polar surface area (TPSA) is 55.5 Å². The quantitative estimate of drug-likeness (QED) is 0.631. The Kier molecular flexibility index (Phi) is 2.13. The molecule has 3 atom stereocenters. The average molecular weight is 185 g/mol. The highest BCUT2D eigenvalue weighted by Crippen LogP contribution is 2.51. The van der Waals surface area contributed by atoms with Crippen molar-refractivity contribution in [1.29, 1.82) is 0 Å². The van der Waals surface area contributed by atoms with Crippen LogP contribution in [0.3, 0.4) is 0 Å². The van der Waals surface area contributed by atoms with Crippen LogP contribution in [0, 0.1) is 5.92 Å². The lowest BCUT2D eigenvalue weighted by Crippen LogP contribution is -2.52. The van der Waals surface area contributed by atoms with Crippen molar-refractivity contribution in [1.82, 2.24) is 0 Å². The zero-order valence-electron chi connectivity index (χ0n) is 8.25. The number of aliphatic hydroxyl groups is 1. The molecule has 3 unspecified atom stereocenters.